The molecule has 0 saturated carbocycles. The minimum atomic E-state index is 0.147. The molecule has 1 aromatic rings. The summed E-state index contributed by atoms with van der Waals surface area (Å²) in [7, 11) is 0. The van der Waals surface area contributed by atoms with Crippen molar-refractivity contribution in [2.75, 3.05) is 11.9 Å². The van der Waals surface area contributed by atoms with Crippen molar-refractivity contribution in [3.8, 4) is 6.07 Å². The predicted molar refractivity (Wildman–Crippen MR) is 79.3 cm³/mol. The molecular weight excluding hydrogens is 250 g/mol. The van der Waals surface area contributed by atoms with Gasteiger partial charge in [-0.3, -0.25) is 4.79 Å². The van der Waals surface area contributed by atoms with E-state index in [0.29, 0.717) is 24.2 Å². The quantitative estimate of drug-likeness (QED) is 0.919. The first-order valence-electron chi connectivity index (χ1n) is 7.17. The van der Waals surface area contributed by atoms with Crippen LogP contribution in [0.4, 0.5) is 5.69 Å². The highest BCUT2D eigenvalue weighted by molar-refractivity contribution is 5.81. The fourth-order valence-electron chi connectivity index (χ4n) is 2.84. The van der Waals surface area contributed by atoms with Gasteiger partial charge in [-0.15, -0.1) is 0 Å². The Morgan fingerprint density at radius 1 is 1.30 bits per heavy atom. The topological polar surface area (TPSA) is 56.1 Å². The molecule has 0 aliphatic carbocycles. The van der Waals surface area contributed by atoms with Crippen molar-refractivity contribution >= 4 is 11.6 Å². The third kappa shape index (κ3) is 3.30. The van der Waals surface area contributed by atoms with Crippen molar-refractivity contribution in [1.82, 2.24) is 4.90 Å². The molecule has 4 nitrogen and oxygen atoms in total. The summed E-state index contributed by atoms with van der Waals surface area (Å²) in [5.41, 5.74) is 1.50. The Labute approximate surface area is 120 Å². The summed E-state index contributed by atoms with van der Waals surface area (Å²) in [5, 5.41) is 11.9. The van der Waals surface area contributed by atoms with Crippen LogP contribution in [0.25, 0.3) is 0 Å². The molecular formula is C16H21N3O. The number of likely N-dealkylation sites (tertiary alicyclic amines) is 1. The second-order valence-electron chi connectivity index (χ2n) is 5.47. The second-order valence-corrected chi connectivity index (χ2v) is 5.47. The normalized spacial score (nSPS) is 22.1. The Morgan fingerprint density at radius 2 is 1.90 bits per heavy atom. The Balaban J connectivity index is 1.92. The van der Waals surface area contributed by atoms with Crippen LogP contribution in [0, 0.1) is 11.3 Å². The Morgan fingerprint density at radius 3 is 2.45 bits per heavy atom. The molecule has 0 spiro atoms. The number of hydrogen-bond donors (Lipinski definition) is 1. The van der Waals surface area contributed by atoms with Gasteiger partial charge in [0, 0.05) is 17.8 Å². The summed E-state index contributed by atoms with van der Waals surface area (Å²) in [6.45, 7) is 4.55. The molecule has 1 heterocycles. The second kappa shape index (κ2) is 6.42. The number of benzene rings is 1. The zero-order chi connectivity index (χ0) is 14.5. The first-order valence-corrected chi connectivity index (χ1v) is 7.17. The Hall–Kier alpha value is -2.02. The number of nitrogens with one attached hydrogen (secondary N) is 1. The predicted octanol–water partition coefficient (Wildman–Crippen LogP) is 2.76. The van der Waals surface area contributed by atoms with E-state index >= 15 is 0 Å². The van der Waals surface area contributed by atoms with Crippen LogP contribution in [0.1, 0.15) is 38.7 Å². The molecule has 20 heavy (non-hydrogen) atoms. The van der Waals surface area contributed by atoms with Gasteiger partial charge in [0.2, 0.25) is 5.91 Å². The van der Waals surface area contributed by atoms with Crippen molar-refractivity contribution in [3.05, 3.63) is 29.8 Å². The first-order chi connectivity index (χ1) is 9.61. The third-order valence-corrected chi connectivity index (χ3v) is 3.94. The summed E-state index contributed by atoms with van der Waals surface area (Å²) >= 11 is 0. The van der Waals surface area contributed by atoms with E-state index in [1.54, 1.807) is 12.1 Å². The Bertz CT molecular complexity index is 493. The highest BCUT2D eigenvalue weighted by Crippen LogP contribution is 2.22. The van der Waals surface area contributed by atoms with Gasteiger partial charge < -0.3 is 10.2 Å². The zero-order valence-electron chi connectivity index (χ0n) is 12.1. The number of hydrogen-bond acceptors (Lipinski definition) is 3. The molecule has 1 saturated heterocycles. The monoisotopic (exact) mass is 271 g/mol. The molecule has 1 fully saturated rings. The standard InChI is InChI=1S/C16H21N3O/c1-12-4-3-5-13(2)19(12)16(20)11-18-15-8-6-14(10-17)7-9-15/h6-9,12-13,18H,3-5,11H2,1-2H3/t12-,13+. The van der Waals surface area contributed by atoms with E-state index in [1.165, 1.54) is 6.42 Å². The molecule has 2 atom stereocenters. The summed E-state index contributed by atoms with van der Waals surface area (Å²) < 4.78 is 0. The van der Waals surface area contributed by atoms with Crippen molar-refractivity contribution < 1.29 is 4.79 Å². The van der Waals surface area contributed by atoms with E-state index in [0.717, 1.165) is 18.5 Å². The van der Waals surface area contributed by atoms with Gasteiger partial charge in [0.25, 0.3) is 0 Å². The van der Waals surface area contributed by atoms with Crippen molar-refractivity contribution in [2.45, 2.75) is 45.2 Å². The van der Waals surface area contributed by atoms with Gasteiger partial charge in [-0.1, -0.05) is 0 Å². The minimum absolute atomic E-state index is 0.147. The summed E-state index contributed by atoms with van der Waals surface area (Å²) in [4.78, 5) is 14.3. The van der Waals surface area contributed by atoms with Gasteiger partial charge in [0.15, 0.2) is 0 Å². The van der Waals surface area contributed by atoms with E-state index in [4.69, 9.17) is 5.26 Å². The molecule has 0 radical (unpaired) electrons. The molecule has 1 N–H and O–H groups in total. The van der Waals surface area contributed by atoms with E-state index in [1.807, 2.05) is 17.0 Å². The molecule has 106 valence electrons. The summed E-state index contributed by atoms with van der Waals surface area (Å²) in [6, 6.07) is 9.89. The number of piperidine rings is 1. The van der Waals surface area contributed by atoms with Gasteiger partial charge >= 0.3 is 0 Å². The van der Waals surface area contributed by atoms with Crippen LogP contribution in [-0.4, -0.2) is 29.4 Å². The SMILES string of the molecule is C[C@@H]1CCC[C@H](C)N1C(=O)CNc1ccc(C#N)cc1. The number of carbonyl (C=O) groups excluding carboxylic acids is 1. The van der Waals surface area contributed by atoms with Gasteiger partial charge in [-0.05, 0) is 57.4 Å². The lowest BCUT2D eigenvalue weighted by Crippen LogP contribution is -2.49. The maximum Gasteiger partial charge on any atom is 0.242 e. The van der Waals surface area contributed by atoms with Crippen molar-refractivity contribution in [1.29, 1.82) is 5.26 Å². The van der Waals surface area contributed by atoms with Gasteiger partial charge in [0.1, 0.15) is 0 Å². The smallest absolute Gasteiger partial charge is 0.242 e. The molecule has 1 aromatic carbocycles. The molecule has 0 unspecified atom stereocenters. The zero-order valence-corrected chi connectivity index (χ0v) is 12.1. The lowest BCUT2D eigenvalue weighted by atomic mass is 9.97. The van der Waals surface area contributed by atoms with Gasteiger partial charge in [0.05, 0.1) is 18.2 Å². The lowest BCUT2D eigenvalue weighted by Gasteiger charge is -2.39. The molecule has 1 amide bonds. The highest BCUT2D eigenvalue weighted by atomic mass is 16.2. The van der Waals surface area contributed by atoms with Crippen LogP contribution in [0.2, 0.25) is 0 Å². The number of nitrogens with zero attached hydrogens (tertiary/aromatic N) is 2. The fourth-order valence-corrected chi connectivity index (χ4v) is 2.84. The average Bonchev–Trinajstić information content (AvgIpc) is 2.45. The lowest BCUT2D eigenvalue weighted by molar-refractivity contribution is -0.135. The number of amides is 1. The molecule has 1 aliphatic rings. The highest BCUT2D eigenvalue weighted by Gasteiger charge is 2.28. The number of rotatable bonds is 3. The first kappa shape index (κ1) is 14.4. The van der Waals surface area contributed by atoms with Crippen LogP contribution in [-0.2, 0) is 4.79 Å². The third-order valence-electron chi connectivity index (χ3n) is 3.94. The molecule has 0 bridgehead atoms. The van der Waals surface area contributed by atoms with Crippen LogP contribution in [0.15, 0.2) is 24.3 Å². The fraction of sp³-hybridized carbons (Fsp3) is 0.500. The van der Waals surface area contributed by atoms with Gasteiger partial charge in [-0.2, -0.15) is 5.26 Å². The van der Waals surface area contributed by atoms with Crippen molar-refractivity contribution in [2.24, 2.45) is 0 Å². The van der Waals surface area contributed by atoms with Crippen molar-refractivity contribution in [3.63, 3.8) is 0 Å². The molecule has 0 aromatic heterocycles. The largest absolute Gasteiger partial charge is 0.376 e. The average molecular weight is 271 g/mol. The molecule has 4 heteroatoms. The minimum Gasteiger partial charge on any atom is -0.376 e. The Kier molecular flexibility index (Phi) is 4.62. The molecule has 1 aliphatic heterocycles. The summed E-state index contributed by atoms with van der Waals surface area (Å²) in [5.74, 6) is 0.147. The van der Waals surface area contributed by atoms with Gasteiger partial charge in [-0.25, -0.2) is 0 Å². The van der Waals surface area contributed by atoms with E-state index in [-0.39, 0.29) is 5.91 Å². The van der Waals surface area contributed by atoms with Crippen LogP contribution >= 0.6 is 0 Å². The maximum absolute atomic E-state index is 12.3. The summed E-state index contributed by atoms with van der Waals surface area (Å²) in [6.07, 6.45) is 3.38. The van der Waals surface area contributed by atoms with Crippen LogP contribution in [0.3, 0.4) is 0 Å². The molecule has 2 rings (SSSR count). The number of nitriles is 1. The van der Waals surface area contributed by atoms with E-state index in [2.05, 4.69) is 25.2 Å². The van der Waals surface area contributed by atoms with Crippen LogP contribution in [0.5, 0.6) is 0 Å². The number of anilines is 1. The maximum atomic E-state index is 12.3. The number of carbonyl (C=O) groups is 1. The van der Waals surface area contributed by atoms with E-state index < -0.39 is 0 Å². The van der Waals surface area contributed by atoms with Crippen LogP contribution < -0.4 is 5.32 Å². The van der Waals surface area contributed by atoms with E-state index in [9.17, 15) is 4.79 Å².